The third kappa shape index (κ3) is 25.8. The fourth-order valence-electron chi connectivity index (χ4n) is 12.6. The number of likely N-dealkylation sites (tertiary alicyclic amines) is 1. The van der Waals surface area contributed by atoms with Crippen LogP contribution in [0.3, 0.4) is 0 Å². The summed E-state index contributed by atoms with van der Waals surface area (Å²) >= 11 is 0. The fraction of sp³-hybridized carbons (Fsp3) is 0.625. The highest BCUT2D eigenvalue weighted by Crippen LogP contribution is 2.31. The number of nitrogens with zero attached hydrogens (tertiary/aromatic N) is 4. The zero-order chi connectivity index (χ0) is 76.2. The molecule has 0 radical (unpaired) electrons. The molecule has 1 fully saturated rings. The van der Waals surface area contributed by atoms with Gasteiger partial charge < -0.3 is 77.2 Å². The summed E-state index contributed by atoms with van der Waals surface area (Å²) in [6.45, 7) is 18.0. The molecular formula is C72H110N12O18. The third-order valence-electron chi connectivity index (χ3n) is 18.7. The van der Waals surface area contributed by atoms with Crippen LogP contribution in [0.5, 0.6) is 0 Å². The number of benzene rings is 2. The Labute approximate surface area is 598 Å². The van der Waals surface area contributed by atoms with Gasteiger partial charge in [-0.15, -0.1) is 0 Å². The SMILES string of the molecule is CC[C@H](C)[C@@H]([C@@H](CC(=O)N1CCC[C@H]1[C@H](OC)[C@@H](C)C(=O)N[C@H](C)[C@@H](O)c1ccccc1)OC)N(C)C(=O)[C@@H](NC(=O)[C@H](C(C)C)N(C)C(=O)OCc1ccc(NC(=O)[C@H](CCCNC(N)=O)NC(=O)[C@H](CCC(=O)O)NC(=O)[C@@H](CCC(C)C)NC(=O)CCN2C(=O)C=CC2=O)cc1)C(C)C. The van der Waals surface area contributed by atoms with Gasteiger partial charge in [0.05, 0.1) is 48.8 Å². The van der Waals surface area contributed by atoms with Crippen molar-refractivity contribution in [3.8, 4) is 0 Å². The maximum Gasteiger partial charge on any atom is 0.410 e. The molecule has 102 heavy (non-hydrogen) atoms. The lowest BCUT2D eigenvalue weighted by molar-refractivity contribution is -0.148. The summed E-state index contributed by atoms with van der Waals surface area (Å²) < 4.78 is 17.7. The van der Waals surface area contributed by atoms with Gasteiger partial charge in [0, 0.05) is 78.6 Å². The van der Waals surface area contributed by atoms with Crippen molar-refractivity contribution in [3.63, 3.8) is 0 Å². The van der Waals surface area contributed by atoms with Crippen LogP contribution in [0.25, 0.3) is 0 Å². The highest BCUT2D eigenvalue weighted by atomic mass is 16.6. The molecule has 0 spiro atoms. The molecule has 0 saturated carbocycles. The Morgan fingerprint density at radius 1 is 0.686 bits per heavy atom. The largest absolute Gasteiger partial charge is 0.481 e. The number of amides is 13. The van der Waals surface area contributed by atoms with E-state index in [1.54, 1.807) is 89.9 Å². The van der Waals surface area contributed by atoms with Gasteiger partial charge in [0.15, 0.2) is 0 Å². The predicted molar refractivity (Wildman–Crippen MR) is 378 cm³/mol. The summed E-state index contributed by atoms with van der Waals surface area (Å²) in [5.74, 6) is -9.15. The first kappa shape index (κ1) is 85.4. The number of aliphatic hydroxyl groups excluding tert-OH is 1. The number of carbonyl (C=O) groups is 13. The van der Waals surface area contributed by atoms with Gasteiger partial charge in [0.2, 0.25) is 47.3 Å². The summed E-state index contributed by atoms with van der Waals surface area (Å²) in [4.78, 5) is 179. The van der Waals surface area contributed by atoms with E-state index in [0.29, 0.717) is 43.4 Å². The van der Waals surface area contributed by atoms with Crippen molar-refractivity contribution < 1.29 is 86.8 Å². The number of carboxylic acids is 1. The molecule has 13 atom stereocenters. The third-order valence-corrected chi connectivity index (χ3v) is 18.7. The Hall–Kier alpha value is -9.03. The van der Waals surface area contributed by atoms with Crippen molar-refractivity contribution in [2.45, 2.75) is 213 Å². The molecule has 2 aliphatic rings. The van der Waals surface area contributed by atoms with Crippen molar-refractivity contribution in [1.82, 2.24) is 51.5 Å². The van der Waals surface area contributed by atoms with Crippen LogP contribution in [0.1, 0.15) is 157 Å². The Morgan fingerprint density at radius 3 is 1.84 bits per heavy atom. The van der Waals surface area contributed by atoms with E-state index in [9.17, 15) is 72.5 Å². The zero-order valence-electron chi connectivity index (χ0n) is 61.5. The molecule has 30 nitrogen and oxygen atoms in total. The summed E-state index contributed by atoms with van der Waals surface area (Å²) in [5.41, 5.74) is 6.59. The number of rotatable bonds is 42. The second-order valence-corrected chi connectivity index (χ2v) is 27.5. The fourth-order valence-corrected chi connectivity index (χ4v) is 12.6. The number of carboxylic acid groups (broad SMARTS) is 1. The van der Waals surface area contributed by atoms with E-state index in [-0.39, 0.29) is 81.1 Å². The van der Waals surface area contributed by atoms with Gasteiger partial charge in [-0.3, -0.25) is 62.5 Å². The predicted octanol–water partition coefficient (Wildman–Crippen LogP) is 4.04. The van der Waals surface area contributed by atoms with Gasteiger partial charge in [-0.25, -0.2) is 9.59 Å². The van der Waals surface area contributed by atoms with Crippen LogP contribution in [-0.4, -0.2) is 215 Å². The molecule has 4 rings (SSSR count). The van der Waals surface area contributed by atoms with Crippen LogP contribution in [0.4, 0.5) is 15.3 Å². The van der Waals surface area contributed by atoms with Gasteiger partial charge in [-0.1, -0.05) is 111 Å². The van der Waals surface area contributed by atoms with Crippen LogP contribution >= 0.6 is 0 Å². The van der Waals surface area contributed by atoms with Gasteiger partial charge in [-0.05, 0) is 98.8 Å². The number of anilines is 1. The van der Waals surface area contributed by atoms with Gasteiger partial charge in [0.1, 0.15) is 36.8 Å². The van der Waals surface area contributed by atoms with E-state index >= 15 is 0 Å². The maximum atomic E-state index is 14.9. The first-order valence-corrected chi connectivity index (χ1v) is 35.1. The highest BCUT2D eigenvalue weighted by molar-refractivity contribution is 6.13. The minimum atomic E-state index is -1.53. The molecular weight excluding hydrogens is 1320 g/mol. The first-order valence-electron chi connectivity index (χ1n) is 35.1. The van der Waals surface area contributed by atoms with Crippen molar-refractivity contribution in [1.29, 1.82) is 0 Å². The molecule has 0 bridgehead atoms. The number of carbonyl (C=O) groups excluding carboxylic acids is 12. The second-order valence-electron chi connectivity index (χ2n) is 27.5. The summed E-state index contributed by atoms with van der Waals surface area (Å²) in [5, 5.41) is 39.3. The monoisotopic (exact) mass is 1430 g/mol. The summed E-state index contributed by atoms with van der Waals surface area (Å²) in [7, 11) is 6.00. The quantitative estimate of drug-likeness (QED) is 0.0331. The molecule has 566 valence electrons. The average Bonchev–Trinajstić information content (AvgIpc) is 1.32. The zero-order valence-corrected chi connectivity index (χ0v) is 61.5. The standard InChI is InChI=1S/C72H110N12O18/c1-15-44(8)62(54(100-13)39-58(88)83-37-20-24-53(83)64(101-14)45(9)65(92)75-46(10)63(91)48-21-17-16-18-22-48)81(11)70(97)60(42(4)5)80-69(96)61(43(6)7)82(12)72(99)102-40-47-26-28-49(29-27-47)76-66(93)50(23-19-36-74-71(73)98)78-68(95)52(31-34-59(89)90)79-67(94)51(30-25-41(2)3)77-55(85)35-38-84-56(86)32-33-57(84)87/h16-18,21-22,26-29,32-33,41-46,50-54,60-64,91H,15,19-20,23-25,30-31,34-40H2,1-14H3,(H,75,92)(H,76,93)(H,77,85)(H,78,95)(H,79,94)(H,80,96)(H,89,90)(H3,73,74,98)/t44-,45+,46+,50-,51+,52-,53-,54+,60-,61-,62-,63+,64+/m0/s1. The lowest BCUT2D eigenvalue weighted by Gasteiger charge is -2.41. The van der Waals surface area contributed by atoms with Gasteiger partial charge >= 0.3 is 18.1 Å². The average molecular weight is 1430 g/mol. The number of urea groups is 1. The van der Waals surface area contributed by atoms with Gasteiger partial charge in [-0.2, -0.15) is 0 Å². The molecule has 1 saturated heterocycles. The van der Waals surface area contributed by atoms with Crippen LogP contribution < -0.4 is 43.0 Å². The van der Waals surface area contributed by atoms with Crippen molar-refractivity contribution >= 4 is 82.9 Å². The van der Waals surface area contributed by atoms with Crippen molar-refractivity contribution in [2.24, 2.45) is 35.3 Å². The lowest BCUT2D eigenvalue weighted by Crippen LogP contribution is -2.60. The number of primary amides is 1. The van der Waals surface area contributed by atoms with E-state index in [1.807, 2.05) is 33.8 Å². The summed E-state index contributed by atoms with van der Waals surface area (Å²) in [6, 6.07) is 6.20. The Kier molecular flexibility index (Phi) is 35.0. The summed E-state index contributed by atoms with van der Waals surface area (Å²) in [6.07, 6.45) is -0.242. The van der Waals surface area contributed by atoms with E-state index in [2.05, 4.69) is 37.2 Å². The van der Waals surface area contributed by atoms with E-state index in [4.69, 9.17) is 19.9 Å². The first-order chi connectivity index (χ1) is 48.1. The van der Waals surface area contributed by atoms with E-state index in [1.165, 1.54) is 38.3 Å². The van der Waals surface area contributed by atoms with Crippen molar-refractivity contribution in [2.75, 3.05) is 53.3 Å². The number of hydrogen-bond acceptors (Lipinski definition) is 17. The molecule has 2 heterocycles. The highest BCUT2D eigenvalue weighted by Gasteiger charge is 2.44. The number of nitrogens with one attached hydrogen (secondary N) is 7. The number of hydrogen-bond donors (Lipinski definition) is 10. The number of aliphatic hydroxyl groups is 1. The number of aliphatic carboxylic acids is 1. The molecule has 13 amide bonds. The molecule has 0 unspecified atom stereocenters. The smallest absolute Gasteiger partial charge is 0.410 e. The molecule has 11 N–H and O–H groups in total. The maximum absolute atomic E-state index is 14.9. The molecule has 0 aromatic heterocycles. The number of likely N-dealkylation sites (N-methyl/N-ethyl adjacent to an activating group) is 2. The van der Waals surface area contributed by atoms with Crippen molar-refractivity contribution in [3.05, 3.63) is 77.9 Å². The Balaban J connectivity index is 1.43. The molecule has 0 aliphatic carbocycles. The topological polar surface area (TPSA) is 413 Å². The van der Waals surface area contributed by atoms with Crippen LogP contribution in [0.2, 0.25) is 0 Å². The van der Waals surface area contributed by atoms with Crippen LogP contribution in [0.15, 0.2) is 66.7 Å². The molecule has 2 aromatic carbocycles. The lowest BCUT2D eigenvalue weighted by atomic mass is 9.89. The van der Waals surface area contributed by atoms with Crippen LogP contribution in [0, 0.1) is 29.6 Å². The normalized spacial score (nSPS) is 17.2. The Morgan fingerprint density at radius 2 is 1.29 bits per heavy atom. The van der Waals surface area contributed by atoms with Gasteiger partial charge in [0.25, 0.3) is 11.8 Å². The molecule has 2 aromatic rings. The molecule has 30 heteroatoms. The number of nitrogens with two attached hydrogens (primary N) is 1. The van der Waals surface area contributed by atoms with E-state index < -0.39 is 163 Å². The van der Waals surface area contributed by atoms with E-state index in [0.717, 1.165) is 22.0 Å². The number of imide groups is 1. The number of ether oxygens (including phenoxy) is 3. The van der Waals surface area contributed by atoms with Crippen LogP contribution in [-0.2, 0) is 73.6 Å². The number of methoxy groups -OCH3 is 2. The minimum absolute atomic E-state index is 0.00159. The Bertz CT molecular complexity index is 3190. The second kappa shape index (κ2) is 41.8. The minimum Gasteiger partial charge on any atom is -0.481 e. The molecule has 2 aliphatic heterocycles.